The Kier molecular flexibility index (Phi) is 6.59. The van der Waals surface area contributed by atoms with Crippen molar-refractivity contribution in [2.45, 2.75) is 25.9 Å². The molecule has 1 atom stereocenters. The van der Waals surface area contributed by atoms with Gasteiger partial charge in [-0.05, 0) is 60.7 Å². The van der Waals surface area contributed by atoms with Crippen LogP contribution in [-0.4, -0.2) is 28.4 Å². The molecule has 0 aliphatic heterocycles. The average molecular weight is 403 g/mol. The van der Waals surface area contributed by atoms with Gasteiger partial charge < -0.3 is 15.7 Å². The maximum atomic E-state index is 12.3. The summed E-state index contributed by atoms with van der Waals surface area (Å²) in [6.45, 7) is 3.72. The SMILES string of the molecule is Cc1ccc(-c2ccncc2)cc1NC(=O)C(=O)NCCC(C)(O)c1ccccc1. The topological polar surface area (TPSA) is 91.3 Å². The summed E-state index contributed by atoms with van der Waals surface area (Å²) in [5.41, 5.74) is 2.96. The lowest BCUT2D eigenvalue weighted by molar-refractivity contribution is -0.136. The number of carbonyl (C=O) groups excluding carboxylic acids is 2. The molecule has 1 aromatic heterocycles. The van der Waals surface area contributed by atoms with E-state index in [4.69, 9.17) is 0 Å². The van der Waals surface area contributed by atoms with Crippen LogP contribution in [0.4, 0.5) is 5.69 Å². The van der Waals surface area contributed by atoms with Gasteiger partial charge in [-0.15, -0.1) is 0 Å². The molecular weight excluding hydrogens is 378 g/mol. The van der Waals surface area contributed by atoms with E-state index in [1.807, 2.05) is 67.6 Å². The standard InChI is InChI=1S/C24H25N3O3/c1-17-8-9-19(18-10-13-25-14-11-18)16-21(17)27-23(29)22(28)26-15-12-24(2,30)20-6-4-3-5-7-20/h3-11,13-14,16,30H,12,15H2,1-2H3,(H,26,28)(H,27,29). The van der Waals surface area contributed by atoms with Crippen molar-refractivity contribution in [3.8, 4) is 11.1 Å². The highest BCUT2D eigenvalue weighted by Crippen LogP contribution is 2.25. The van der Waals surface area contributed by atoms with Crippen LogP contribution >= 0.6 is 0 Å². The lowest BCUT2D eigenvalue weighted by Gasteiger charge is -2.23. The quantitative estimate of drug-likeness (QED) is 0.550. The van der Waals surface area contributed by atoms with Gasteiger partial charge in [-0.3, -0.25) is 14.6 Å². The molecule has 6 nitrogen and oxygen atoms in total. The van der Waals surface area contributed by atoms with Crippen molar-refractivity contribution in [2.75, 3.05) is 11.9 Å². The Bertz CT molecular complexity index is 1020. The monoisotopic (exact) mass is 403 g/mol. The first kappa shape index (κ1) is 21.2. The van der Waals surface area contributed by atoms with Crippen molar-refractivity contribution < 1.29 is 14.7 Å². The van der Waals surface area contributed by atoms with Gasteiger partial charge in [0.15, 0.2) is 0 Å². The molecule has 0 radical (unpaired) electrons. The van der Waals surface area contributed by atoms with E-state index in [1.54, 1.807) is 19.3 Å². The fraction of sp³-hybridized carbons (Fsp3) is 0.208. The molecule has 0 aliphatic rings. The minimum atomic E-state index is -1.10. The van der Waals surface area contributed by atoms with Crippen LogP contribution in [0.15, 0.2) is 73.1 Å². The Balaban J connectivity index is 1.59. The normalized spacial score (nSPS) is 12.6. The van der Waals surface area contributed by atoms with E-state index >= 15 is 0 Å². The predicted octanol–water partition coefficient (Wildman–Crippen LogP) is 3.41. The molecule has 154 valence electrons. The summed E-state index contributed by atoms with van der Waals surface area (Å²) in [6, 6.07) is 18.6. The lowest BCUT2D eigenvalue weighted by Crippen LogP contribution is -2.38. The molecule has 30 heavy (non-hydrogen) atoms. The Hall–Kier alpha value is -3.51. The predicted molar refractivity (Wildman–Crippen MR) is 117 cm³/mol. The first-order valence-electron chi connectivity index (χ1n) is 9.75. The van der Waals surface area contributed by atoms with Crippen LogP contribution in [0.5, 0.6) is 0 Å². The van der Waals surface area contributed by atoms with Gasteiger partial charge in [-0.2, -0.15) is 0 Å². The number of nitrogens with one attached hydrogen (secondary N) is 2. The Morgan fingerprint density at radius 2 is 1.67 bits per heavy atom. The second-order valence-corrected chi connectivity index (χ2v) is 7.37. The summed E-state index contributed by atoms with van der Waals surface area (Å²) >= 11 is 0. The van der Waals surface area contributed by atoms with Crippen LogP contribution in [-0.2, 0) is 15.2 Å². The Morgan fingerprint density at radius 3 is 2.37 bits per heavy atom. The number of aliphatic hydroxyl groups is 1. The number of nitrogens with zero attached hydrogens (tertiary/aromatic N) is 1. The van der Waals surface area contributed by atoms with E-state index in [2.05, 4.69) is 15.6 Å². The number of aromatic nitrogens is 1. The fourth-order valence-corrected chi connectivity index (χ4v) is 3.10. The van der Waals surface area contributed by atoms with Crippen LogP contribution in [0.25, 0.3) is 11.1 Å². The van der Waals surface area contributed by atoms with Crippen molar-refractivity contribution in [2.24, 2.45) is 0 Å². The fourth-order valence-electron chi connectivity index (χ4n) is 3.10. The third-order valence-electron chi connectivity index (χ3n) is 5.00. The molecule has 3 N–H and O–H groups in total. The largest absolute Gasteiger partial charge is 0.385 e. The smallest absolute Gasteiger partial charge is 0.313 e. The molecule has 3 rings (SSSR count). The number of amides is 2. The molecular formula is C24H25N3O3. The van der Waals surface area contributed by atoms with Crippen molar-refractivity contribution in [3.63, 3.8) is 0 Å². The van der Waals surface area contributed by atoms with Crippen LogP contribution in [0, 0.1) is 6.92 Å². The van der Waals surface area contributed by atoms with Gasteiger partial charge in [0.05, 0.1) is 5.60 Å². The van der Waals surface area contributed by atoms with Gasteiger partial charge in [0.2, 0.25) is 0 Å². The van der Waals surface area contributed by atoms with Crippen LogP contribution < -0.4 is 10.6 Å². The summed E-state index contributed by atoms with van der Waals surface area (Å²) in [4.78, 5) is 28.6. The van der Waals surface area contributed by atoms with Gasteiger partial charge in [0.25, 0.3) is 0 Å². The third kappa shape index (κ3) is 5.30. The van der Waals surface area contributed by atoms with E-state index < -0.39 is 17.4 Å². The molecule has 0 aliphatic carbocycles. The first-order valence-corrected chi connectivity index (χ1v) is 9.75. The maximum absolute atomic E-state index is 12.3. The molecule has 0 saturated carbocycles. The van der Waals surface area contributed by atoms with Crippen molar-refractivity contribution >= 4 is 17.5 Å². The Labute approximate surface area is 176 Å². The van der Waals surface area contributed by atoms with Crippen molar-refractivity contribution in [1.82, 2.24) is 10.3 Å². The molecule has 0 saturated heterocycles. The van der Waals surface area contributed by atoms with E-state index in [0.717, 1.165) is 22.3 Å². The highest BCUT2D eigenvalue weighted by Gasteiger charge is 2.23. The molecule has 3 aromatic rings. The van der Waals surface area contributed by atoms with Crippen molar-refractivity contribution in [1.29, 1.82) is 0 Å². The van der Waals surface area contributed by atoms with Gasteiger partial charge in [0.1, 0.15) is 0 Å². The number of hydrogen-bond donors (Lipinski definition) is 3. The lowest BCUT2D eigenvalue weighted by atomic mass is 9.93. The maximum Gasteiger partial charge on any atom is 0.313 e. The van der Waals surface area contributed by atoms with Crippen molar-refractivity contribution in [3.05, 3.63) is 84.2 Å². The summed E-state index contributed by atoms with van der Waals surface area (Å²) < 4.78 is 0. The van der Waals surface area contributed by atoms with E-state index in [9.17, 15) is 14.7 Å². The zero-order chi connectivity index (χ0) is 21.6. The summed E-state index contributed by atoms with van der Waals surface area (Å²) in [5, 5.41) is 15.8. The molecule has 2 amide bonds. The van der Waals surface area contributed by atoms with Gasteiger partial charge >= 0.3 is 11.8 Å². The number of aryl methyl sites for hydroxylation is 1. The van der Waals surface area contributed by atoms with E-state index in [-0.39, 0.29) is 13.0 Å². The minimum absolute atomic E-state index is 0.171. The molecule has 0 fully saturated rings. The number of anilines is 1. The second kappa shape index (κ2) is 9.33. The number of benzene rings is 2. The molecule has 6 heteroatoms. The number of pyridine rings is 1. The highest BCUT2D eigenvalue weighted by molar-refractivity contribution is 6.39. The average Bonchev–Trinajstić information content (AvgIpc) is 2.76. The summed E-state index contributed by atoms with van der Waals surface area (Å²) in [7, 11) is 0. The zero-order valence-corrected chi connectivity index (χ0v) is 17.1. The zero-order valence-electron chi connectivity index (χ0n) is 17.1. The number of hydrogen-bond acceptors (Lipinski definition) is 4. The van der Waals surface area contributed by atoms with Crippen LogP contribution in [0.3, 0.4) is 0 Å². The molecule has 0 bridgehead atoms. The van der Waals surface area contributed by atoms with E-state index in [0.29, 0.717) is 5.69 Å². The van der Waals surface area contributed by atoms with Crippen LogP contribution in [0.1, 0.15) is 24.5 Å². The van der Waals surface area contributed by atoms with Gasteiger partial charge in [0, 0.05) is 24.6 Å². The van der Waals surface area contributed by atoms with Gasteiger partial charge in [-0.25, -0.2) is 0 Å². The van der Waals surface area contributed by atoms with Crippen LogP contribution in [0.2, 0.25) is 0 Å². The number of rotatable bonds is 6. The minimum Gasteiger partial charge on any atom is -0.385 e. The Morgan fingerprint density at radius 1 is 0.967 bits per heavy atom. The molecule has 0 spiro atoms. The summed E-state index contributed by atoms with van der Waals surface area (Å²) in [5.74, 6) is -1.49. The first-order chi connectivity index (χ1) is 14.4. The molecule has 1 unspecified atom stereocenters. The highest BCUT2D eigenvalue weighted by atomic mass is 16.3. The second-order valence-electron chi connectivity index (χ2n) is 7.37. The molecule has 1 heterocycles. The third-order valence-corrected chi connectivity index (χ3v) is 5.00. The van der Waals surface area contributed by atoms with E-state index in [1.165, 1.54) is 0 Å². The number of carbonyl (C=O) groups is 2. The summed E-state index contributed by atoms with van der Waals surface area (Å²) in [6.07, 6.45) is 3.68. The molecule has 2 aromatic carbocycles. The van der Waals surface area contributed by atoms with Gasteiger partial charge in [-0.1, -0.05) is 42.5 Å².